The number of benzene rings is 1. The van der Waals surface area contributed by atoms with E-state index in [1.165, 1.54) is 5.56 Å². The van der Waals surface area contributed by atoms with Gasteiger partial charge in [0.2, 0.25) is 0 Å². The predicted molar refractivity (Wildman–Crippen MR) is 80.8 cm³/mol. The molecule has 3 nitrogen and oxygen atoms in total. The number of halogens is 1. The third-order valence-corrected chi connectivity index (χ3v) is 3.79. The molecular formula is C15H20ClN3. The number of aromatic nitrogens is 2. The zero-order valence-corrected chi connectivity index (χ0v) is 12.6. The van der Waals surface area contributed by atoms with Crippen LogP contribution in [-0.2, 0) is 13.6 Å². The zero-order chi connectivity index (χ0) is 14.0. The van der Waals surface area contributed by atoms with Crippen LogP contribution in [0.5, 0.6) is 0 Å². The van der Waals surface area contributed by atoms with Crippen molar-refractivity contribution in [3.8, 4) is 0 Å². The molecule has 0 amide bonds. The highest BCUT2D eigenvalue weighted by Gasteiger charge is 2.10. The fraction of sp³-hybridized carbons (Fsp3) is 0.400. The van der Waals surface area contributed by atoms with Crippen LogP contribution in [0.1, 0.15) is 36.7 Å². The highest BCUT2D eigenvalue weighted by atomic mass is 35.5. The third-order valence-electron chi connectivity index (χ3n) is 3.30. The van der Waals surface area contributed by atoms with Crippen molar-refractivity contribution < 1.29 is 0 Å². The van der Waals surface area contributed by atoms with Gasteiger partial charge < -0.3 is 5.32 Å². The van der Waals surface area contributed by atoms with Crippen LogP contribution < -0.4 is 5.32 Å². The molecule has 0 spiro atoms. The first-order valence-corrected chi connectivity index (χ1v) is 6.88. The molecule has 19 heavy (non-hydrogen) atoms. The van der Waals surface area contributed by atoms with E-state index in [4.69, 9.17) is 11.6 Å². The lowest BCUT2D eigenvalue weighted by atomic mass is 10.0. The Kier molecular flexibility index (Phi) is 4.15. The first kappa shape index (κ1) is 13.9. The molecule has 1 heterocycles. The lowest BCUT2D eigenvalue weighted by Crippen LogP contribution is -2.06. The fourth-order valence-electron chi connectivity index (χ4n) is 2.04. The Labute approximate surface area is 119 Å². The third kappa shape index (κ3) is 3.10. The minimum absolute atomic E-state index is 0.559. The summed E-state index contributed by atoms with van der Waals surface area (Å²) in [5.74, 6) is 0.559. The first-order valence-electron chi connectivity index (χ1n) is 6.51. The van der Waals surface area contributed by atoms with Gasteiger partial charge in [-0.05, 0) is 30.5 Å². The molecule has 0 atom stereocenters. The quantitative estimate of drug-likeness (QED) is 0.911. The summed E-state index contributed by atoms with van der Waals surface area (Å²) in [6.07, 6.45) is 0. The molecule has 0 bridgehead atoms. The van der Waals surface area contributed by atoms with Gasteiger partial charge in [-0.1, -0.05) is 37.6 Å². The van der Waals surface area contributed by atoms with E-state index in [9.17, 15) is 0 Å². The Hall–Kier alpha value is -1.48. The molecule has 0 saturated carbocycles. The van der Waals surface area contributed by atoms with Gasteiger partial charge in [0.1, 0.15) is 0 Å². The van der Waals surface area contributed by atoms with Gasteiger partial charge in [0.25, 0.3) is 0 Å². The average Bonchev–Trinajstić information content (AvgIpc) is 2.62. The van der Waals surface area contributed by atoms with E-state index in [2.05, 4.69) is 48.5 Å². The minimum Gasteiger partial charge on any atom is -0.379 e. The molecule has 2 rings (SSSR count). The largest absolute Gasteiger partial charge is 0.379 e. The zero-order valence-electron chi connectivity index (χ0n) is 11.9. The second-order valence-electron chi connectivity index (χ2n) is 5.10. The standard InChI is InChI=1S/C15H20ClN3/c1-10(2)12-5-7-13(8-6-12)17-9-14-15(16)11(3)18-19(14)4/h5-8,10,17H,9H2,1-4H3. The molecule has 1 N–H and O–H groups in total. The second-order valence-corrected chi connectivity index (χ2v) is 5.48. The summed E-state index contributed by atoms with van der Waals surface area (Å²) in [4.78, 5) is 0. The molecule has 0 aliphatic rings. The predicted octanol–water partition coefficient (Wildman–Crippen LogP) is 4.12. The smallest absolute Gasteiger partial charge is 0.0865 e. The molecule has 0 aliphatic heterocycles. The molecular weight excluding hydrogens is 258 g/mol. The van der Waals surface area contributed by atoms with Crippen LogP contribution in [-0.4, -0.2) is 9.78 Å². The molecule has 102 valence electrons. The Morgan fingerprint density at radius 1 is 1.26 bits per heavy atom. The van der Waals surface area contributed by atoms with Gasteiger partial charge in [-0.3, -0.25) is 4.68 Å². The van der Waals surface area contributed by atoms with Crippen molar-refractivity contribution in [3.63, 3.8) is 0 Å². The van der Waals surface area contributed by atoms with Crippen molar-refractivity contribution in [3.05, 3.63) is 46.2 Å². The van der Waals surface area contributed by atoms with E-state index in [-0.39, 0.29) is 0 Å². The topological polar surface area (TPSA) is 29.9 Å². The van der Waals surface area contributed by atoms with Gasteiger partial charge in [-0.25, -0.2) is 0 Å². The fourth-order valence-corrected chi connectivity index (χ4v) is 2.27. The summed E-state index contributed by atoms with van der Waals surface area (Å²) in [6.45, 7) is 6.99. The van der Waals surface area contributed by atoms with Crippen LogP contribution in [0.15, 0.2) is 24.3 Å². The number of aryl methyl sites for hydroxylation is 2. The van der Waals surface area contributed by atoms with Crippen molar-refractivity contribution >= 4 is 17.3 Å². The first-order chi connectivity index (χ1) is 8.99. The number of nitrogens with one attached hydrogen (secondary N) is 1. The van der Waals surface area contributed by atoms with E-state index in [0.29, 0.717) is 12.5 Å². The van der Waals surface area contributed by atoms with Gasteiger partial charge in [0.15, 0.2) is 0 Å². The van der Waals surface area contributed by atoms with Crippen LogP contribution >= 0.6 is 11.6 Å². The lowest BCUT2D eigenvalue weighted by molar-refractivity contribution is 0.713. The molecule has 0 radical (unpaired) electrons. The van der Waals surface area contributed by atoms with Crippen molar-refractivity contribution in [1.82, 2.24) is 9.78 Å². The molecule has 4 heteroatoms. The number of rotatable bonds is 4. The number of anilines is 1. The number of nitrogens with zero attached hydrogens (tertiary/aromatic N) is 2. The summed E-state index contributed by atoms with van der Waals surface area (Å²) >= 11 is 6.22. The maximum Gasteiger partial charge on any atom is 0.0865 e. The van der Waals surface area contributed by atoms with E-state index >= 15 is 0 Å². The van der Waals surface area contributed by atoms with Crippen molar-refractivity contribution in [2.24, 2.45) is 7.05 Å². The molecule has 0 unspecified atom stereocenters. The summed E-state index contributed by atoms with van der Waals surface area (Å²) in [6, 6.07) is 8.52. The SMILES string of the molecule is Cc1nn(C)c(CNc2ccc(C(C)C)cc2)c1Cl. The monoisotopic (exact) mass is 277 g/mol. The summed E-state index contributed by atoms with van der Waals surface area (Å²) in [5, 5.41) is 8.43. The minimum atomic E-state index is 0.559. The van der Waals surface area contributed by atoms with Gasteiger partial charge in [0.05, 0.1) is 23.0 Å². The van der Waals surface area contributed by atoms with Crippen molar-refractivity contribution in [1.29, 1.82) is 0 Å². The Balaban J connectivity index is 2.06. The number of hydrogen-bond donors (Lipinski definition) is 1. The van der Waals surface area contributed by atoms with Gasteiger partial charge in [-0.2, -0.15) is 5.10 Å². The van der Waals surface area contributed by atoms with Crippen LogP contribution in [0.2, 0.25) is 5.02 Å². The summed E-state index contributed by atoms with van der Waals surface area (Å²) < 4.78 is 1.83. The highest BCUT2D eigenvalue weighted by Crippen LogP contribution is 2.21. The van der Waals surface area contributed by atoms with Crippen molar-refractivity contribution in [2.75, 3.05) is 5.32 Å². The Morgan fingerprint density at radius 2 is 1.89 bits per heavy atom. The van der Waals surface area contributed by atoms with Crippen LogP contribution in [0.25, 0.3) is 0 Å². The Bertz CT molecular complexity index is 556. The molecule has 0 saturated heterocycles. The van der Waals surface area contributed by atoms with Gasteiger partial charge >= 0.3 is 0 Å². The van der Waals surface area contributed by atoms with Crippen LogP contribution in [0, 0.1) is 6.92 Å². The highest BCUT2D eigenvalue weighted by molar-refractivity contribution is 6.31. The maximum atomic E-state index is 6.22. The van der Waals surface area contributed by atoms with E-state index in [1.54, 1.807) is 0 Å². The Morgan fingerprint density at radius 3 is 2.37 bits per heavy atom. The molecule has 0 aliphatic carbocycles. The molecule has 2 aromatic rings. The molecule has 1 aromatic heterocycles. The van der Waals surface area contributed by atoms with Crippen LogP contribution in [0.3, 0.4) is 0 Å². The summed E-state index contributed by atoms with van der Waals surface area (Å²) in [7, 11) is 1.91. The van der Waals surface area contributed by atoms with Crippen LogP contribution in [0.4, 0.5) is 5.69 Å². The lowest BCUT2D eigenvalue weighted by Gasteiger charge is -2.09. The van der Waals surface area contributed by atoms with Gasteiger partial charge in [-0.15, -0.1) is 0 Å². The molecule has 1 aromatic carbocycles. The van der Waals surface area contributed by atoms with E-state index in [1.807, 2.05) is 18.7 Å². The maximum absolute atomic E-state index is 6.22. The normalized spacial score (nSPS) is 11.1. The van der Waals surface area contributed by atoms with Crippen molar-refractivity contribution in [2.45, 2.75) is 33.2 Å². The number of hydrogen-bond acceptors (Lipinski definition) is 2. The second kappa shape index (κ2) is 5.66. The molecule has 0 fully saturated rings. The van der Waals surface area contributed by atoms with Gasteiger partial charge in [0, 0.05) is 12.7 Å². The van der Waals surface area contributed by atoms with E-state index in [0.717, 1.165) is 22.1 Å². The van der Waals surface area contributed by atoms with E-state index < -0.39 is 0 Å². The summed E-state index contributed by atoms with van der Waals surface area (Å²) in [5.41, 5.74) is 4.32. The average molecular weight is 278 g/mol.